The zero-order chi connectivity index (χ0) is 18.3. The second-order valence-corrected chi connectivity index (χ2v) is 7.99. The molecule has 4 rings (SSSR count). The van der Waals surface area contributed by atoms with E-state index in [-0.39, 0.29) is 4.90 Å². The van der Waals surface area contributed by atoms with Gasteiger partial charge in [0.05, 0.1) is 17.7 Å². The number of rotatable bonds is 3. The van der Waals surface area contributed by atoms with Crippen LogP contribution in [0.25, 0.3) is 11.0 Å². The van der Waals surface area contributed by atoms with Gasteiger partial charge in [0.25, 0.3) is 10.0 Å². The van der Waals surface area contributed by atoms with E-state index in [2.05, 4.69) is 0 Å². The molecule has 2 aromatic carbocycles. The Hall–Kier alpha value is -2.80. The van der Waals surface area contributed by atoms with Crippen LogP contribution in [0.2, 0.25) is 0 Å². The summed E-state index contributed by atoms with van der Waals surface area (Å²) in [6.07, 6.45) is 1.54. The summed E-state index contributed by atoms with van der Waals surface area (Å²) in [7, 11) is -2.13. The average Bonchev–Trinajstić information content (AvgIpc) is 2.66. The molecule has 6 nitrogen and oxygen atoms in total. The quantitative estimate of drug-likeness (QED) is 0.662. The van der Waals surface area contributed by atoms with E-state index in [0.717, 1.165) is 18.4 Å². The van der Waals surface area contributed by atoms with Gasteiger partial charge in [0.15, 0.2) is 0 Å². The summed E-state index contributed by atoms with van der Waals surface area (Å²) in [5.74, 6) is 0.712. The molecule has 0 unspecified atom stereocenters. The van der Waals surface area contributed by atoms with Crippen LogP contribution < -0.4 is 14.7 Å². The van der Waals surface area contributed by atoms with Gasteiger partial charge in [-0.25, -0.2) is 13.2 Å². The van der Waals surface area contributed by atoms with E-state index < -0.39 is 15.6 Å². The fraction of sp³-hybridized carbons (Fsp3) is 0.211. The molecule has 134 valence electrons. The molecule has 0 N–H and O–H groups in total. The van der Waals surface area contributed by atoms with Crippen LogP contribution in [-0.2, 0) is 16.4 Å². The smallest absolute Gasteiger partial charge is 0.336 e. The highest BCUT2D eigenvalue weighted by Gasteiger charge is 2.29. The molecule has 0 saturated heterocycles. The lowest BCUT2D eigenvalue weighted by Gasteiger charge is -2.30. The van der Waals surface area contributed by atoms with E-state index in [1.807, 2.05) is 6.07 Å². The van der Waals surface area contributed by atoms with Crippen molar-refractivity contribution in [1.29, 1.82) is 0 Å². The first-order valence-electron chi connectivity index (χ1n) is 8.22. The zero-order valence-electron chi connectivity index (χ0n) is 14.1. The predicted octanol–water partition coefficient (Wildman–Crippen LogP) is 2.94. The minimum atomic E-state index is -3.72. The van der Waals surface area contributed by atoms with Gasteiger partial charge in [0.2, 0.25) is 0 Å². The van der Waals surface area contributed by atoms with Crippen molar-refractivity contribution in [3.8, 4) is 5.75 Å². The largest absolute Gasteiger partial charge is 0.497 e. The Morgan fingerprint density at radius 1 is 1.08 bits per heavy atom. The van der Waals surface area contributed by atoms with Gasteiger partial charge in [-0.3, -0.25) is 4.31 Å². The lowest BCUT2D eigenvalue weighted by molar-refractivity contribution is 0.414. The minimum absolute atomic E-state index is 0.169. The highest BCUT2D eigenvalue weighted by Crippen LogP contribution is 2.34. The SMILES string of the molecule is COc1ccc2c(c1)CCCN2S(=O)(=O)c1ccc2oc(=O)ccc2c1. The number of hydrogen-bond donors (Lipinski definition) is 0. The van der Waals surface area contributed by atoms with Crippen molar-refractivity contribution in [2.24, 2.45) is 0 Å². The van der Waals surface area contributed by atoms with Gasteiger partial charge in [-0.2, -0.15) is 0 Å². The van der Waals surface area contributed by atoms with Crippen LogP contribution in [-0.4, -0.2) is 22.1 Å². The van der Waals surface area contributed by atoms with Crippen LogP contribution in [0.15, 0.2) is 62.6 Å². The van der Waals surface area contributed by atoms with Gasteiger partial charge < -0.3 is 9.15 Å². The Morgan fingerprint density at radius 2 is 1.92 bits per heavy atom. The fourth-order valence-electron chi connectivity index (χ4n) is 3.25. The molecule has 0 aliphatic carbocycles. The summed E-state index contributed by atoms with van der Waals surface area (Å²) in [6, 6.07) is 12.8. The number of fused-ring (bicyclic) bond motifs is 2. The Bertz CT molecular complexity index is 1150. The molecule has 26 heavy (non-hydrogen) atoms. The molecule has 1 aliphatic heterocycles. The van der Waals surface area contributed by atoms with E-state index in [4.69, 9.17) is 9.15 Å². The number of anilines is 1. The molecule has 2 heterocycles. The molecule has 1 aromatic heterocycles. The normalized spacial score (nSPS) is 14.3. The topological polar surface area (TPSA) is 76.8 Å². The molecule has 3 aromatic rings. The molecule has 0 fully saturated rings. The molecule has 0 atom stereocenters. The van der Waals surface area contributed by atoms with Crippen molar-refractivity contribution in [3.05, 3.63) is 64.5 Å². The summed E-state index contributed by atoms with van der Waals surface area (Å²) < 4.78 is 38.2. The van der Waals surface area contributed by atoms with E-state index >= 15 is 0 Å². The van der Waals surface area contributed by atoms with Crippen molar-refractivity contribution in [2.45, 2.75) is 17.7 Å². The van der Waals surface area contributed by atoms with E-state index in [9.17, 15) is 13.2 Å². The highest BCUT2D eigenvalue weighted by molar-refractivity contribution is 7.92. The van der Waals surface area contributed by atoms with Gasteiger partial charge >= 0.3 is 5.63 Å². The molecule has 0 radical (unpaired) electrons. The van der Waals surface area contributed by atoms with E-state index in [0.29, 0.717) is 29.0 Å². The summed E-state index contributed by atoms with van der Waals surface area (Å²) in [6.45, 7) is 0.420. The van der Waals surface area contributed by atoms with Crippen LogP contribution in [0.5, 0.6) is 5.75 Å². The third-order valence-electron chi connectivity index (χ3n) is 4.54. The lowest BCUT2D eigenvalue weighted by Crippen LogP contribution is -2.35. The predicted molar refractivity (Wildman–Crippen MR) is 98.3 cm³/mol. The van der Waals surface area contributed by atoms with E-state index in [1.54, 1.807) is 25.3 Å². The molecule has 0 amide bonds. The molecule has 7 heteroatoms. The molecule has 1 aliphatic rings. The van der Waals surface area contributed by atoms with Crippen LogP contribution in [0.1, 0.15) is 12.0 Å². The summed E-state index contributed by atoms with van der Waals surface area (Å²) >= 11 is 0. The number of sulfonamides is 1. The maximum absolute atomic E-state index is 13.2. The molecule has 0 bridgehead atoms. The van der Waals surface area contributed by atoms with Crippen LogP contribution in [0, 0.1) is 0 Å². The van der Waals surface area contributed by atoms with Crippen molar-refractivity contribution in [3.63, 3.8) is 0 Å². The molecular weight excluding hydrogens is 354 g/mol. The Balaban J connectivity index is 1.80. The summed E-state index contributed by atoms with van der Waals surface area (Å²) in [5.41, 5.74) is 1.52. The fourth-order valence-corrected chi connectivity index (χ4v) is 4.83. The third kappa shape index (κ3) is 2.74. The standard InChI is InChI=1S/C19H17NO5S/c1-24-15-5-7-17-13(11-15)3-2-10-20(17)26(22,23)16-6-8-18-14(12-16)4-9-19(21)25-18/h4-9,11-12H,2-3,10H2,1H3. The monoisotopic (exact) mass is 371 g/mol. The lowest BCUT2D eigenvalue weighted by atomic mass is 10.0. The van der Waals surface area contributed by atoms with Crippen LogP contribution >= 0.6 is 0 Å². The van der Waals surface area contributed by atoms with Crippen LogP contribution in [0.4, 0.5) is 5.69 Å². The highest BCUT2D eigenvalue weighted by atomic mass is 32.2. The number of benzene rings is 2. The number of hydrogen-bond acceptors (Lipinski definition) is 5. The second-order valence-electron chi connectivity index (χ2n) is 6.13. The minimum Gasteiger partial charge on any atom is -0.497 e. The van der Waals surface area contributed by atoms with Gasteiger partial charge in [0.1, 0.15) is 11.3 Å². The Kier molecular flexibility index (Phi) is 3.96. The number of methoxy groups -OCH3 is 1. The second kappa shape index (κ2) is 6.17. The van der Waals surface area contributed by atoms with Crippen molar-refractivity contribution in [2.75, 3.05) is 18.0 Å². The van der Waals surface area contributed by atoms with Gasteiger partial charge in [-0.15, -0.1) is 0 Å². The number of aryl methyl sites for hydroxylation is 1. The molecule has 0 saturated carbocycles. The average molecular weight is 371 g/mol. The van der Waals surface area contributed by atoms with Gasteiger partial charge in [-0.05, 0) is 60.9 Å². The molecule has 0 spiro atoms. The maximum atomic E-state index is 13.2. The summed E-state index contributed by atoms with van der Waals surface area (Å²) in [4.78, 5) is 11.5. The summed E-state index contributed by atoms with van der Waals surface area (Å²) in [5, 5.41) is 0.567. The number of nitrogens with zero attached hydrogens (tertiary/aromatic N) is 1. The van der Waals surface area contributed by atoms with Crippen molar-refractivity contribution < 1.29 is 17.6 Å². The van der Waals surface area contributed by atoms with Crippen molar-refractivity contribution >= 4 is 26.7 Å². The van der Waals surface area contributed by atoms with Crippen LogP contribution in [0.3, 0.4) is 0 Å². The zero-order valence-corrected chi connectivity index (χ0v) is 15.0. The Morgan fingerprint density at radius 3 is 2.73 bits per heavy atom. The first-order chi connectivity index (χ1) is 12.5. The molecular formula is C19H17NO5S. The maximum Gasteiger partial charge on any atom is 0.336 e. The first-order valence-corrected chi connectivity index (χ1v) is 9.66. The Labute approximate surface area is 150 Å². The van der Waals surface area contributed by atoms with Crippen molar-refractivity contribution in [1.82, 2.24) is 0 Å². The van der Waals surface area contributed by atoms with Gasteiger partial charge in [-0.1, -0.05) is 0 Å². The third-order valence-corrected chi connectivity index (χ3v) is 6.35. The van der Waals surface area contributed by atoms with Gasteiger partial charge in [0, 0.05) is 18.0 Å². The number of ether oxygens (including phenoxy) is 1. The first kappa shape index (κ1) is 16.7. The van der Waals surface area contributed by atoms with E-state index in [1.165, 1.54) is 28.6 Å².